The van der Waals surface area contributed by atoms with Crippen molar-refractivity contribution < 1.29 is 4.39 Å². The van der Waals surface area contributed by atoms with Crippen molar-refractivity contribution in [2.24, 2.45) is 0 Å². The zero-order valence-electron chi connectivity index (χ0n) is 9.04. The summed E-state index contributed by atoms with van der Waals surface area (Å²) in [5.74, 6) is -0.406. The molecule has 5 heteroatoms. The molecule has 0 aliphatic carbocycles. The average molecular weight is 237 g/mol. The van der Waals surface area contributed by atoms with Crippen LogP contribution in [0.4, 0.5) is 20.9 Å². The Morgan fingerprint density at radius 2 is 2.12 bits per heavy atom. The van der Waals surface area contributed by atoms with E-state index in [0.29, 0.717) is 0 Å². The molecule has 3 N–H and O–H groups in total. The standard InChI is InChI=1S/C11H12FN3S/c1-6-7(2)16-11(14-6)15-8-3-4-9(12)10(13)5-8/h3-5H,13H2,1-2H3,(H,14,15). The first-order valence-corrected chi connectivity index (χ1v) is 5.64. The van der Waals surface area contributed by atoms with Crippen LogP contribution in [0.5, 0.6) is 0 Å². The number of aryl methyl sites for hydroxylation is 2. The number of hydrogen-bond donors (Lipinski definition) is 2. The van der Waals surface area contributed by atoms with Gasteiger partial charge in [0.25, 0.3) is 0 Å². The number of hydrogen-bond acceptors (Lipinski definition) is 4. The second-order valence-corrected chi connectivity index (χ2v) is 4.73. The molecule has 0 saturated carbocycles. The normalized spacial score (nSPS) is 10.4. The number of nitrogen functional groups attached to an aromatic ring is 1. The first-order valence-electron chi connectivity index (χ1n) is 4.82. The lowest BCUT2D eigenvalue weighted by molar-refractivity contribution is 0.633. The third kappa shape index (κ3) is 2.14. The van der Waals surface area contributed by atoms with Crippen LogP contribution in [0.15, 0.2) is 18.2 Å². The molecule has 0 spiro atoms. The zero-order valence-corrected chi connectivity index (χ0v) is 9.86. The summed E-state index contributed by atoms with van der Waals surface area (Å²) in [4.78, 5) is 5.49. The maximum Gasteiger partial charge on any atom is 0.187 e. The highest BCUT2D eigenvalue weighted by atomic mass is 32.1. The third-order valence-electron chi connectivity index (χ3n) is 2.28. The van der Waals surface area contributed by atoms with Gasteiger partial charge >= 0.3 is 0 Å². The van der Waals surface area contributed by atoms with Gasteiger partial charge in [0.15, 0.2) is 5.13 Å². The number of halogens is 1. The lowest BCUT2D eigenvalue weighted by Crippen LogP contribution is -1.94. The summed E-state index contributed by atoms with van der Waals surface area (Å²) in [6.07, 6.45) is 0. The van der Waals surface area contributed by atoms with Crippen LogP contribution in [0, 0.1) is 19.7 Å². The summed E-state index contributed by atoms with van der Waals surface area (Å²) in [7, 11) is 0. The predicted octanol–water partition coefficient (Wildman–Crippen LogP) is 3.22. The van der Waals surface area contributed by atoms with Gasteiger partial charge in [-0.2, -0.15) is 0 Å². The maximum absolute atomic E-state index is 12.9. The van der Waals surface area contributed by atoms with Gasteiger partial charge in [-0.05, 0) is 32.0 Å². The summed E-state index contributed by atoms with van der Waals surface area (Å²) in [6.45, 7) is 3.97. The van der Waals surface area contributed by atoms with Gasteiger partial charge in [-0.15, -0.1) is 11.3 Å². The summed E-state index contributed by atoms with van der Waals surface area (Å²) < 4.78 is 12.9. The van der Waals surface area contributed by atoms with Crippen LogP contribution in [0.3, 0.4) is 0 Å². The third-order valence-corrected chi connectivity index (χ3v) is 3.26. The molecule has 1 aromatic heterocycles. The minimum atomic E-state index is -0.406. The van der Waals surface area contributed by atoms with E-state index in [1.165, 1.54) is 6.07 Å². The maximum atomic E-state index is 12.9. The Morgan fingerprint density at radius 3 is 2.69 bits per heavy atom. The molecule has 0 bridgehead atoms. The largest absolute Gasteiger partial charge is 0.396 e. The number of nitrogens with one attached hydrogen (secondary N) is 1. The predicted molar refractivity (Wildman–Crippen MR) is 65.7 cm³/mol. The number of benzene rings is 1. The molecule has 84 valence electrons. The van der Waals surface area contributed by atoms with Crippen LogP contribution >= 0.6 is 11.3 Å². The number of nitrogens with zero attached hydrogens (tertiary/aromatic N) is 1. The Bertz CT molecular complexity index is 502. The molecule has 16 heavy (non-hydrogen) atoms. The minimum Gasteiger partial charge on any atom is -0.396 e. The fraction of sp³-hybridized carbons (Fsp3) is 0.182. The second kappa shape index (κ2) is 4.09. The molecule has 0 atom stereocenters. The number of anilines is 3. The van der Waals surface area contributed by atoms with Crippen molar-refractivity contribution >= 4 is 27.8 Å². The first kappa shape index (κ1) is 10.9. The second-order valence-electron chi connectivity index (χ2n) is 3.52. The van der Waals surface area contributed by atoms with E-state index in [-0.39, 0.29) is 5.69 Å². The Hall–Kier alpha value is -1.62. The molecule has 0 aliphatic rings. The van der Waals surface area contributed by atoms with Crippen molar-refractivity contribution in [1.29, 1.82) is 0 Å². The molecule has 0 amide bonds. The van der Waals surface area contributed by atoms with Crippen molar-refractivity contribution in [1.82, 2.24) is 4.98 Å². The van der Waals surface area contributed by atoms with Gasteiger partial charge in [0.05, 0.1) is 11.4 Å². The molecule has 1 aromatic carbocycles. The molecular formula is C11H12FN3S. The number of nitrogens with two attached hydrogens (primary N) is 1. The van der Waals surface area contributed by atoms with E-state index in [1.807, 2.05) is 13.8 Å². The fourth-order valence-electron chi connectivity index (χ4n) is 1.27. The van der Waals surface area contributed by atoms with Crippen LogP contribution in [-0.4, -0.2) is 4.98 Å². The van der Waals surface area contributed by atoms with E-state index in [9.17, 15) is 4.39 Å². The number of aromatic nitrogens is 1. The van der Waals surface area contributed by atoms with E-state index >= 15 is 0 Å². The molecule has 2 rings (SSSR count). The van der Waals surface area contributed by atoms with Crippen molar-refractivity contribution in [3.05, 3.63) is 34.6 Å². The van der Waals surface area contributed by atoms with Crippen molar-refractivity contribution in [2.45, 2.75) is 13.8 Å². The first-order chi connectivity index (χ1) is 7.56. The van der Waals surface area contributed by atoms with E-state index < -0.39 is 5.82 Å². The van der Waals surface area contributed by atoms with Crippen molar-refractivity contribution in [3.63, 3.8) is 0 Å². The summed E-state index contributed by atoms with van der Waals surface area (Å²) in [5.41, 5.74) is 7.36. The zero-order chi connectivity index (χ0) is 11.7. The van der Waals surface area contributed by atoms with Gasteiger partial charge in [-0.3, -0.25) is 0 Å². The van der Waals surface area contributed by atoms with Gasteiger partial charge in [0, 0.05) is 10.6 Å². The fourth-order valence-corrected chi connectivity index (χ4v) is 2.11. The quantitative estimate of drug-likeness (QED) is 0.788. The molecule has 1 heterocycles. The van der Waals surface area contributed by atoms with E-state index in [0.717, 1.165) is 21.4 Å². The van der Waals surface area contributed by atoms with Crippen molar-refractivity contribution in [3.8, 4) is 0 Å². The van der Waals surface area contributed by atoms with Gasteiger partial charge in [0.1, 0.15) is 5.82 Å². The molecular weight excluding hydrogens is 225 g/mol. The van der Waals surface area contributed by atoms with Gasteiger partial charge in [0.2, 0.25) is 0 Å². The summed E-state index contributed by atoms with van der Waals surface area (Å²) in [5, 5.41) is 3.89. The lowest BCUT2D eigenvalue weighted by atomic mass is 10.3. The monoisotopic (exact) mass is 237 g/mol. The van der Waals surface area contributed by atoms with Crippen LogP contribution in [0.2, 0.25) is 0 Å². The SMILES string of the molecule is Cc1nc(Nc2ccc(F)c(N)c2)sc1C. The summed E-state index contributed by atoms with van der Waals surface area (Å²) in [6, 6.07) is 4.53. The Morgan fingerprint density at radius 1 is 1.38 bits per heavy atom. The molecule has 0 fully saturated rings. The van der Waals surface area contributed by atoms with Crippen LogP contribution < -0.4 is 11.1 Å². The van der Waals surface area contributed by atoms with Gasteiger partial charge < -0.3 is 11.1 Å². The van der Waals surface area contributed by atoms with E-state index in [1.54, 1.807) is 23.5 Å². The molecule has 0 saturated heterocycles. The topological polar surface area (TPSA) is 50.9 Å². The average Bonchev–Trinajstić information content (AvgIpc) is 2.52. The van der Waals surface area contributed by atoms with E-state index in [4.69, 9.17) is 5.73 Å². The molecule has 0 radical (unpaired) electrons. The lowest BCUT2D eigenvalue weighted by Gasteiger charge is -2.03. The molecule has 0 aliphatic heterocycles. The Kier molecular flexibility index (Phi) is 2.78. The highest BCUT2D eigenvalue weighted by Gasteiger charge is 2.05. The highest BCUT2D eigenvalue weighted by Crippen LogP contribution is 2.26. The van der Waals surface area contributed by atoms with Crippen LogP contribution in [0.1, 0.15) is 10.6 Å². The van der Waals surface area contributed by atoms with Gasteiger partial charge in [-0.25, -0.2) is 9.37 Å². The Labute approximate surface area is 97.1 Å². The number of thiazole rings is 1. The number of rotatable bonds is 2. The smallest absolute Gasteiger partial charge is 0.187 e. The van der Waals surface area contributed by atoms with Crippen molar-refractivity contribution in [2.75, 3.05) is 11.1 Å². The molecule has 0 unspecified atom stereocenters. The van der Waals surface area contributed by atoms with Crippen LogP contribution in [-0.2, 0) is 0 Å². The van der Waals surface area contributed by atoms with E-state index in [2.05, 4.69) is 10.3 Å². The Balaban J connectivity index is 2.23. The van der Waals surface area contributed by atoms with Gasteiger partial charge in [-0.1, -0.05) is 0 Å². The van der Waals surface area contributed by atoms with Crippen LogP contribution in [0.25, 0.3) is 0 Å². The molecule has 2 aromatic rings. The summed E-state index contributed by atoms with van der Waals surface area (Å²) >= 11 is 1.56. The molecule has 3 nitrogen and oxygen atoms in total. The highest BCUT2D eigenvalue weighted by molar-refractivity contribution is 7.15. The minimum absolute atomic E-state index is 0.134.